The molecule has 1 fully saturated rings. The van der Waals surface area contributed by atoms with Gasteiger partial charge in [-0.05, 0) is 29.8 Å². The Hall–Kier alpha value is -2.36. The minimum atomic E-state index is -1.06. The molecule has 1 aliphatic rings. The van der Waals surface area contributed by atoms with Gasteiger partial charge in [0.25, 0.3) is 0 Å². The number of carbonyl (C=O) groups is 3. The highest BCUT2D eigenvalue weighted by molar-refractivity contribution is 6.31. The Bertz CT molecular complexity index is 961. The summed E-state index contributed by atoms with van der Waals surface area (Å²) in [6, 6.07) is 4.96. The van der Waals surface area contributed by atoms with Gasteiger partial charge >= 0.3 is 17.9 Å². The van der Waals surface area contributed by atoms with Crippen LogP contribution in [0.5, 0.6) is 0 Å². The molecule has 2 heterocycles. The van der Waals surface area contributed by atoms with Crippen LogP contribution in [0, 0.1) is 0 Å². The first-order valence-corrected chi connectivity index (χ1v) is 9.39. The molecule has 0 amide bonds. The summed E-state index contributed by atoms with van der Waals surface area (Å²) in [6.07, 6.45) is -4.00. The number of imidazole rings is 1. The fourth-order valence-electron chi connectivity index (χ4n) is 3.18. The maximum absolute atomic E-state index is 11.7. The standard InChI is InChI=1S/C18H18Cl2N2O7/c1-8(23)26-7-14-15(27-9(2)24)16(28-10(3)25)17(29-14)22-13-6-11(19)4-5-12(13)21-18(22)20/h4-6,14-17H,7H2,1-3H3/t14-,15-,16-,17-/m1/s1. The lowest BCUT2D eigenvalue weighted by Crippen LogP contribution is -2.40. The Labute approximate surface area is 175 Å². The van der Waals surface area contributed by atoms with Crippen LogP contribution in [-0.2, 0) is 33.3 Å². The molecule has 1 saturated heterocycles. The molecule has 9 nitrogen and oxygen atoms in total. The molecule has 11 heteroatoms. The third kappa shape index (κ3) is 4.63. The minimum absolute atomic E-state index is 0.0547. The van der Waals surface area contributed by atoms with E-state index in [1.807, 2.05) is 0 Å². The Morgan fingerprint density at radius 1 is 1.07 bits per heavy atom. The molecule has 4 atom stereocenters. The molecule has 0 bridgehead atoms. The number of hydrogen-bond acceptors (Lipinski definition) is 8. The summed E-state index contributed by atoms with van der Waals surface area (Å²) in [5, 5.41) is 0.490. The number of rotatable bonds is 5. The zero-order valence-corrected chi connectivity index (χ0v) is 17.3. The van der Waals surface area contributed by atoms with Crippen molar-refractivity contribution in [3.8, 4) is 0 Å². The van der Waals surface area contributed by atoms with Gasteiger partial charge in [0.05, 0.1) is 11.0 Å². The summed E-state index contributed by atoms with van der Waals surface area (Å²) >= 11 is 12.4. The molecule has 0 saturated carbocycles. The van der Waals surface area contributed by atoms with Crippen LogP contribution in [0.25, 0.3) is 11.0 Å². The summed E-state index contributed by atoms with van der Waals surface area (Å²) < 4.78 is 23.2. The van der Waals surface area contributed by atoms with E-state index in [9.17, 15) is 14.4 Å². The van der Waals surface area contributed by atoms with Crippen molar-refractivity contribution in [3.05, 3.63) is 28.5 Å². The second kappa shape index (κ2) is 8.56. The van der Waals surface area contributed by atoms with Crippen LogP contribution in [0.1, 0.15) is 27.0 Å². The summed E-state index contributed by atoms with van der Waals surface area (Å²) in [4.78, 5) is 38.9. The molecular weight excluding hydrogens is 427 g/mol. The fourth-order valence-corrected chi connectivity index (χ4v) is 3.62. The fraction of sp³-hybridized carbons (Fsp3) is 0.444. The van der Waals surface area contributed by atoms with E-state index >= 15 is 0 Å². The normalized spacial score (nSPS) is 23.8. The maximum atomic E-state index is 11.7. The molecule has 0 spiro atoms. The number of ether oxygens (including phenoxy) is 4. The smallest absolute Gasteiger partial charge is 0.303 e. The zero-order valence-electron chi connectivity index (χ0n) is 15.8. The molecule has 29 heavy (non-hydrogen) atoms. The van der Waals surface area contributed by atoms with Crippen LogP contribution in [0.4, 0.5) is 0 Å². The summed E-state index contributed by atoms with van der Waals surface area (Å²) in [7, 11) is 0. The van der Waals surface area contributed by atoms with Gasteiger partial charge in [-0.15, -0.1) is 0 Å². The van der Waals surface area contributed by atoms with Crippen molar-refractivity contribution in [2.45, 2.75) is 45.3 Å². The molecule has 1 aromatic heterocycles. The third-order valence-electron chi connectivity index (χ3n) is 4.20. The number of halogens is 2. The molecular formula is C18H18Cl2N2O7. The number of benzene rings is 1. The van der Waals surface area contributed by atoms with Crippen LogP contribution in [-0.4, -0.2) is 52.4 Å². The molecule has 1 aliphatic heterocycles. The van der Waals surface area contributed by atoms with Gasteiger partial charge in [0.2, 0.25) is 5.28 Å². The minimum Gasteiger partial charge on any atom is -0.463 e. The lowest BCUT2D eigenvalue weighted by molar-refractivity contribution is -0.166. The third-order valence-corrected chi connectivity index (χ3v) is 4.71. The van der Waals surface area contributed by atoms with Crippen molar-refractivity contribution in [3.63, 3.8) is 0 Å². The van der Waals surface area contributed by atoms with Crippen molar-refractivity contribution >= 4 is 52.1 Å². The predicted octanol–water partition coefficient (Wildman–Crippen LogP) is 2.67. The van der Waals surface area contributed by atoms with Crippen LogP contribution in [0.3, 0.4) is 0 Å². The van der Waals surface area contributed by atoms with E-state index in [2.05, 4.69) is 4.98 Å². The average molecular weight is 445 g/mol. The van der Waals surface area contributed by atoms with Gasteiger partial charge in [-0.3, -0.25) is 19.0 Å². The van der Waals surface area contributed by atoms with Crippen molar-refractivity contribution in [2.24, 2.45) is 0 Å². The molecule has 0 N–H and O–H groups in total. The maximum Gasteiger partial charge on any atom is 0.303 e. The first kappa shape index (κ1) is 21.4. The zero-order chi connectivity index (χ0) is 21.3. The predicted molar refractivity (Wildman–Crippen MR) is 101 cm³/mol. The molecule has 0 unspecified atom stereocenters. The number of nitrogens with zero attached hydrogens (tertiary/aromatic N) is 2. The quantitative estimate of drug-likeness (QED) is 0.511. The van der Waals surface area contributed by atoms with Crippen molar-refractivity contribution in [1.29, 1.82) is 0 Å². The molecule has 156 valence electrons. The number of fused-ring (bicyclic) bond motifs is 1. The van der Waals surface area contributed by atoms with E-state index in [1.165, 1.54) is 25.3 Å². The first-order valence-electron chi connectivity index (χ1n) is 8.63. The van der Waals surface area contributed by atoms with E-state index < -0.39 is 42.4 Å². The van der Waals surface area contributed by atoms with Crippen molar-refractivity contribution in [2.75, 3.05) is 6.61 Å². The van der Waals surface area contributed by atoms with Crippen molar-refractivity contribution < 1.29 is 33.3 Å². The number of carbonyl (C=O) groups excluding carboxylic acids is 3. The van der Waals surface area contributed by atoms with E-state index in [0.29, 0.717) is 16.1 Å². The molecule has 2 aromatic rings. The van der Waals surface area contributed by atoms with Crippen LogP contribution in [0.2, 0.25) is 10.3 Å². The largest absolute Gasteiger partial charge is 0.463 e. The highest BCUT2D eigenvalue weighted by Crippen LogP contribution is 2.38. The van der Waals surface area contributed by atoms with Crippen LogP contribution < -0.4 is 0 Å². The lowest BCUT2D eigenvalue weighted by atomic mass is 10.1. The van der Waals surface area contributed by atoms with Gasteiger partial charge in [-0.1, -0.05) is 11.6 Å². The highest BCUT2D eigenvalue weighted by atomic mass is 35.5. The molecule has 0 aliphatic carbocycles. The average Bonchev–Trinajstić information content (AvgIpc) is 3.09. The van der Waals surface area contributed by atoms with E-state index in [-0.39, 0.29) is 11.9 Å². The topological polar surface area (TPSA) is 106 Å². The van der Waals surface area contributed by atoms with Crippen molar-refractivity contribution in [1.82, 2.24) is 9.55 Å². The Kier molecular flexibility index (Phi) is 6.30. The van der Waals surface area contributed by atoms with Gasteiger partial charge in [-0.2, -0.15) is 0 Å². The summed E-state index contributed by atoms with van der Waals surface area (Å²) in [5.41, 5.74) is 1.07. The molecule has 1 aromatic carbocycles. The van der Waals surface area contributed by atoms with Gasteiger partial charge in [-0.25, -0.2) is 4.98 Å². The monoisotopic (exact) mass is 444 g/mol. The summed E-state index contributed by atoms with van der Waals surface area (Å²) in [6.45, 7) is 3.44. The number of aromatic nitrogens is 2. The van der Waals surface area contributed by atoms with Gasteiger partial charge in [0.1, 0.15) is 12.7 Å². The van der Waals surface area contributed by atoms with Crippen LogP contribution >= 0.6 is 23.2 Å². The molecule has 3 rings (SSSR count). The number of esters is 3. The molecule has 0 radical (unpaired) electrons. The number of hydrogen-bond donors (Lipinski definition) is 0. The van der Waals surface area contributed by atoms with Gasteiger partial charge < -0.3 is 18.9 Å². The second-order valence-corrected chi connectivity index (χ2v) is 7.17. The Morgan fingerprint density at radius 3 is 2.34 bits per heavy atom. The van der Waals surface area contributed by atoms with E-state index in [1.54, 1.807) is 18.2 Å². The van der Waals surface area contributed by atoms with E-state index in [0.717, 1.165) is 0 Å². The van der Waals surface area contributed by atoms with Crippen LogP contribution in [0.15, 0.2) is 18.2 Å². The first-order chi connectivity index (χ1) is 13.7. The Balaban J connectivity index is 2.06. The highest BCUT2D eigenvalue weighted by Gasteiger charge is 2.51. The Morgan fingerprint density at radius 2 is 1.72 bits per heavy atom. The SMILES string of the molecule is CC(=O)OC[C@H]1O[C@@H](n2c(Cl)nc3ccc(Cl)cc32)[C@H](OC(C)=O)[C@@H]1OC(C)=O. The second-order valence-electron chi connectivity index (χ2n) is 6.40. The lowest BCUT2D eigenvalue weighted by Gasteiger charge is -2.24. The van der Waals surface area contributed by atoms with Gasteiger partial charge in [0, 0.05) is 25.8 Å². The van der Waals surface area contributed by atoms with Gasteiger partial charge in [0.15, 0.2) is 18.4 Å². The summed E-state index contributed by atoms with van der Waals surface area (Å²) in [5.74, 6) is -1.78. The van der Waals surface area contributed by atoms with E-state index in [4.69, 9.17) is 42.1 Å².